The van der Waals surface area contributed by atoms with Crippen LogP contribution in [0, 0.1) is 18.3 Å². The number of anilines is 2. The molecule has 27 heavy (non-hydrogen) atoms. The van der Waals surface area contributed by atoms with E-state index in [2.05, 4.69) is 0 Å². The maximum absolute atomic E-state index is 12.1. The Labute approximate surface area is 162 Å². The molecule has 136 valence electrons. The van der Waals surface area contributed by atoms with Gasteiger partial charge in [-0.25, -0.2) is 13.3 Å². The second-order valence-electron chi connectivity index (χ2n) is 5.63. The molecule has 3 aromatic rings. The molecule has 0 fully saturated rings. The summed E-state index contributed by atoms with van der Waals surface area (Å²) in [5.74, 6) is -1.18. The number of carbonyl (C=O) groups is 1. The number of hydrogen-bond donors (Lipinski definition) is 2. The molecule has 1 heterocycles. The highest BCUT2D eigenvalue weighted by Gasteiger charge is 2.26. The summed E-state index contributed by atoms with van der Waals surface area (Å²) in [7, 11) is 0. The van der Waals surface area contributed by atoms with Crippen molar-refractivity contribution in [3.05, 3.63) is 70.6 Å². The lowest BCUT2D eigenvalue weighted by molar-refractivity contribution is 0.0703. The number of benzene rings is 2. The van der Waals surface area contributed by atoms with Crippen LogP contribution < -0.4 is 4.31 Å². The quantitative estimate of drug-likeness (QED) is 0.613. The summed E-state index contributed by atoms with van der Waals surface area (Å²) in [4.78, 5) is 12.3. The van der Waals surface area contributed by atoms with Crippen LogP contribution in [0.15, 0.2) is 54.6 Å². The van der Waals surface area contributed by atoms with E-state index < -0.39 is 17.2 Å². The Kier molecular flexibility index (Phi) is 5.37. The summed E-state index contributed by atoms with van der Waals surface area (Å²) < 4.78 is 23.0. The van der Waals surface area contributed by atoms with Gasteiger partial charge in [-0.3, -0.25) is 4.55 Å². The Hall–Kier alpha value is -2.99. The minimum absolute atomic E-state index is 0.0417. The molecule has 2 aromatic carbocycles. The molecule has 0 saturated carbocycles. The molecule has 1 aromatic heterocycles. The average Bonchev–Trinajstić information content (AvgIpc) is 3.08. The molecule has 0 aliphatic rings. The van der Waals surface area contributed by atoms with E-state index in [1.165, 1.54) is 0 Å². The van der Waals surface area contributed by atoms with Crippen LogP contribution in [0.25, 0.3) is 10.4 Å². The van der Waals surface area contributed by atoms with Gasteiger partial charge in [-0.1, -0.05) is 30.3 Å². The number of hydrogen-bond acceptors (Lipinski definition) is 4. The van der Waals surface area contributed by atoms with Crippen LogP contribution in [0.4, 0.5) is 11.4 Å². The van der Waals surface area contributed by atoms with Crippen molar-refractivity contribution in [1.82, 2.24) is 0 Å². The molecule has 2 N–H and O–H groups in total. The molecule has 8 heteroatoms. The van der Waals surface area contributed by atoms with Gasteiger partial charge < -0.3 is 5.11 Å². The third kappa shape index (κ3) is 3.75. The summed E-state index contributed by atoms with van der Waals surface area (Å²) in [6, 6.07) is 17.3. The van der Waals surface area contributed by atoms with Crippen molar-refractivity contribution in [3.8, 4) is 16.5 Å². The van der Waals surface area contributed by atoms with E-state index in [4.69, 9.17) is 5.26 Å². The number of nitrogens with zero attached hydrogens (tertiary/aromatic N) is 2. The van der Waals surface area contributed by atoms with Gasteiger partial charge in [0.2, 0.25) is 0 Å². The lowest BCUT2D eigenvalue weighted by Gasteiger charge is -2.21. The van der Waals surface area contributed by atoms with E-state index in [1.54, 1.807) is 61.5 Å². The molecule has 1 unspecified atom stereocenters. The van der Waals surface area contributed by atoms with E-state index in [0.29, 0.717) is 16.1 Å². The number of rotatable bonds is 5. The van der Waals surface area contributed by atoms with Gasteiger partial charge in [0, 0.05) is 4.88 Å². The Morgan fingerprint density at radius 3 is 2.37 bits per heavy atom. The van der Waals surface area contributed by atoms with E-state index in [1.807, 2.05) is 6.07 Å². The summed E-state index contributed by atoms with van der Waals surface area (Å²) in [6.07, 6.45) is 0. The molecule has 0 bridgehead atoms. The van der Waals surface area contributed by atoms with Crippen LogP contribution in [-0.4, -0.2) is 19.8 Å². The minimum Gasteiger partial charge on any atom is -0.477 e. The van der Waals surface area contributed by atoms with Gasteiger partial charge in [0.1, 0.15) is 4.88 Å². The first-order chi connectivity index (χ1) is 12.9. The lowest BCUT2D eigenvalue weighted by Crippen LogP contribution is -2.21. The zero-order valence-electron chi connectivity index (χ0n) is 14.1. The topological polar surface area (TPSA) is 102 Å². The fourth-order valence-corrected chi connectivity index (χ4v) is 4.36. The molecule has 0 aliphatic carbocycles. The summed E-state index contributed by atoms with van der Waals surface area (Å²) in [6.45, 7) is 1.78. The molecule has 0 saturated heterocycles. The van der Waals surface area contributed by atoms with E-state index >= 15 is 0 Å². The largest absolute Gasteiger partial charge is 0.477 e. The van der Waals surface area contributed by atoms with E-state index in [-0.39, 0.29) is 10.6 Å². The zero-order valence-corrected chi connectivity index (χ0v) is 15.8. The maximum atomic E-state index is 12.1. The number of nitriles is 1. The smallest absolute Gasteiger partial charge is 0.348 e. The van der Waals surface area contributed by atoms with E-state index in [9.17, 15) is 18.7 Å². The molecule has 0 aliphatic heterocycles. The number of para-hydroxylation sites is 1. The second kappa shape index (κ2) is 7.72. The third-order valence-electron chi connectivity index (χ3n) is 3.91. The standard InChI is InChI=1S/C19H14N2O4S2/c1-12-4-2-3-5-15(12)21(27(24)25)16-10-17(26-18(16)19(22)23)14-8-6-13(11-20)7-9-14/h2-10H,1H3,(H,22,23)(H,24,25). The first-order valence-corrected chi connectivity index (χ1v) is 9.64. The van der Waals surface area contributed by atoms with Crippen molar-refractivity contribution in [1.29, 1.82) is 5.26 Å². The number of aryl methyl sites for hydroxylation is 1. The number of aromatic carboxylic acids is 1. The summed E-state index contributed by atoms with van der Waals surface area (Å²) in [5, 5.41) is 18.5. The Morgan fingerprint density at radius 2 is 1.81 bits per heavy atom. The molecule has 1 atom stereocenters. The van der Waals surface area contributed by atoms with Crippen molar-refractivity contribution in [2.75, 3.05) is 4.31 Å². The molecule has 0 spiro atoms. The van der Waals surface area contributed by atoms with Crippen LogP contribution in [0.5, 0.6) is 0 Å². The highest BCUT2D eigenvalue weighted by atomic mass is 32.2. The van der Waals surface area contributed by atoms with Crippen molar-refractivity contribution in [2.45, 2.75) is 6.92 Å². The van der Waals surface area contributed by atoms with Crippen molar-refractivity contribution >= 4 is 39.9 Å². The summed E-state index contributed by atoms with van der Waals surface area (Å²) in [5.41, 5.74) is 2.54. The number of thiophene rings is 1. The fraction of sp³-hybridized carbons (Fsp3) is 0.0526. The predicted octanol–water partition coefficient (Wildman–Crippen LogP) is 4.57. The van der Waals surface area contributed by atoms with Crippen LogP contribution in [-0.2, 0) is 11.3 Å². The fourth-order valence-electron chi connectivity index (χ4n) is 2.63. The van der Waals surface area contributed by atoms with Crippen molar-refractivity contribution < 1.29 is 18.7 Å². The SMILES string of the molecule is Cc1ccccc1N(c1cc(-c2ccc(C#N)cc2)sc1C(=O)O)S(=O)O. The molecule has 6 nitrogen and oxygen atoms in total. The molecular formula is C19H14N2O4S2. The van der Waals surface area contributed by atoms with Crippen LogP contribution in [0.3, 0.4) is 0 Å². The Bertz CT molecular complexity index is 1070. The first-order valence-electron chi connectivity index (χ1n) is 7.76. The highest BCUT2D eigenvalue weighted by Crippen LogP contribution is 2.41. The average molecular weight is 398 g/mol. The first kappa shape index (κ1) is 18.8. The zero-order chi connectivity index (χ0) is 19.6. The highest BCUT2D eigenvalue weighted by molar-refractivity contribution is 7.81. The minimum atomic E-state index is -2.46. The normalized spacial score (nSPS) is 11.6. The second-order valence-corrected chi connectivity index (χ2v) is 7.51. The molecular weight excluding hydrogens is 384 g/mol. The number of carboxylic acids is 1. The van der Waals surface area contributed by atoms with E-state index in [0.717, 1.165) is 26.8 Å². The molecule has 0 radical (unpaired) electrons. The van der Waals surface area contributed by atoms with Crippen molar-refractivity contribution in [2.24, 2.45) is 0 Å². The lowest BCUT2D eigenvalue weighted by atomic mass is 10.1. The molecule has 3 rings (SSSR count). The van der Waals surface area contributed by atoms with Crippen molar-refractivity contribution in [3.63, 3.8) is 0 Å². The predicted molar refractivity (Wildman–Crippen MR) is 106 cm³/mol. The van der Waals surface area contributed by atoms with Crippen LogP contribution >= 0.6 is 11.3 Å². The van der Waals surface area contributed by atoms with Gasteiger partial charge in [0.15, 0.2) is 0 Å². The summed E-state index contributed by atoms with van der Waals surface area (Å²) >= 11 is -1.45. The monoisotopic (exact) mass is 398 g/mol. The van der Waals surface area contributed by atoms with Crippen LogP contribution in [0.2, 0.25) is 0 Å². The Morgan fingerprint density at radius 1 is 1.15 bits per heavy atom. The van der Waals surface area contributed by atoms with Gasteiger partial charge >= 0.3 is 5.97 Å². The van der Waals surface area contributed by atoms with Gasteiger partial charge in [-0.15, -0.1) is 11.3 Å². The third-order valence-corrected chi connectivity index (χ3v) is 5.78. The van der Waals surface area contributed by atoms with Crippen LogP contribution in [0.1, 0.15) is 20.8 Å². The molecule has 0 amide bonds. The number of carboxylic acid groups (broad SMARTS) is 1. The van der Waals surface area contributed by atoms with Gasteiger partial charge in [-0.05, 0) is 42.3 Å². The van der Waals surface area contributed by atoms with Gasteiger partial charge in [0.05, 0.1) is 23.0 Å². The maximum Gasteiger partial charge on any atom is 0.348 e. The van der Waals surface area contributed by atoms with Gasteiger partial charge in [-0.2, -0.15) is 5.26 Å². The Balaban J connectivity index is 2.17. The van der Waals surface area contributed by atoms with Gasteiger partial charge in [0.25, 0.3) is 11.3 Å².